The summed E-state index contributed by atoms with van der Waals surface area (Å²) in [4.78, 5) is 22.1. The van der Waals surface area contributed by atoms with Crippen LogP contribution in [-0.2, 0) is 14.4 Å². The van der Waals surface area contributed by atoms with Crippen molar-refractivity contribution in [1.29, 1.82) is 0 Å². The number of nitrogens with zero attached hydrogens (tertiary/aromatic N) is 3. The van der Waals surface area contributed by atoms with Gasteiger partial charge >= 0.3 is 5.97 Å². The van der Waals surface area contributed by atoms with Crippen LogP contribution in [0.3, 0.4) is 0 Å². The molecule has 1 aromatic carbocycles. The molecule has 7 nitrogen and oxygen atoms in total. The van der Waals surface area contributed by atoms with Crippen LogP contribution < -0.4 is 15.5 Å². The molecular weight excluding hydrogens is 332 g/mol. The van der Waals surface area contributed by atoms with E-state index in [4.69, 9.17) is 15.3 Å². The summed E-state index contributed by atoms with van der Waals surface area (Å²) in [6, 6.07) is 6.23. The highest BCUT2D eigenvalue weighted by Crippen LogP contribution is 2.28. The Bertz CT molecular complexity index is 630. The van der Waals surface area contributed by atoms with Crippen LogP contribution in [0.2, 0.25) is 0 Å². The van der Waals surface area contributed by atoms with Crippen LogP contribution >= 0.6 is 0 Å². The van der Waals surface area contributed by atoms with Gasteiger partial charge in [-0.3, -0.25) is 0 Å². The lowest BCUT2D eigenvalue weighted by molar-refractivity contribution is -0.201. The Balaban J connectivity index is 1.62. The van der Waals surface area contributed by atoms with Gasteiger partial charge in [-0.1, -0.05) is 0 Å². The number of rotatable bonds is 3. The molecule has 0 spiro atoms. The topological polar surface area (TPSA) is 71.3 Å². The minimum absolute atomic E-state index is 0.190. The first-order chi connectivity index (χ1) is 12.3. The highest BCUT2D eigenvalue weighted by atomic mass is 16.7. The van der Waals surface area contributed by atoms with Gasteiger partial charge in [0.2, 0.25) is 0 Å². The molecule has 2 saturated heterocycles. The molecule has 0 aromatic heterocycles. The average Bonchev–Trinajstić information content (AvgIpc) is 2.62. The van der Waals surface area contributed by atoms with E-state index < -0.39 is 5.41 Å². The fourth-order valence-corrected chi connectivity index (χ4v) is 3.10. The molecule has 1 aromatic rings. The summed E-state index contributed by atoms with van der Waals surface area (Å²) in [6.07, 6.45) is 0. The van der Waals surface area contributed by atoms with E-state index in [2.05, 4.69) is 15.9 Å². The van der Waals surface area contributed by atoms with E-state index in [9.17, 15) is 4.79 Å². The maximum absolute atomic E-state index is 12.0. The number of ether oxygens (including phenoxy) is 1. The molecule has 0 radical (unpaired) electrons. The van der Waals surface area contributed by atoms with Gasteiger partial charge in [0, 0.05) is 43.2 Å². The third kappa shape index (κ3) is 4.59. The standard InChI is InChI=1S/C19H30N4O3/c1-19(2,3)18(24)26-23-6-4-21(5-7-23)16-12-15(20)13-17(14-16)22-8-10-25-11-9-22/h12-14H,4-11,20H2,1-3H3. The molecule has 26 heavy (non-hydrogen) atoms. The number of benzene rings is 1. The molecule has 2 aliphatic heterocycles. The minimum Gasteiger partial charge on any atom is -0.399 e. The lowest BCUT2D eigenvalue weighted by Crippen LogP contribution is -2.48. The Labute approximate surface area is 155 Å². The lowest BCUT2D eigenvalue weighted by Gasteiger charge is -2.36. The molecule has 0 amide bonds. The lowest BCUT2D eigenvalue weighted by atomic mass is 9.98. The van der Waals surface area contributed by atoms with Crippen LogP contribution in [0.4, 0.5) is 17.1 Å². The van der Waals surface area contributed by atoms with E-state index >= 15 is 0 Å². The van der Waals surface area contributed by atoms with Crippen molar-refractivity contribution < 1.29 is 14.4 Å². The molecule has 3 rings (SSSR count). The first-order valence-electron chi connectivity index (χ1n) is 9.28. The Kier molecular flexibility index (Phi) is 5.58. The van der Waals surface area contributed by atoms with Gasteiger partial charge < -0.3 is 25.1 Å². The second-order valence-corrected chi connectivity index (χ2v) is 7.93. The monoisotopic (exact) mass is 362 g/mol. The molecule has 144 valence electrons. The second kappa shape index (κ2) is 7.72. The first-order valence-corrected chi connectivity index (χ1v) is 9.28. The number of piperazine rings is 1. The number of anilines is 3. The summed E-state index contributed by atoms with van der Waals surface area (Å²) in [5, 5.41) is 1.76. The summed E-state index contributed by atoms with van der Waals surface area (Å²) in [6.45, 7) is 11.8. The number of hydrogen-bond acceptors (Lipinski definition) is 7. The number of carbonyl (C=O) groups excluding carboxylic acids is 1. The Morgan fingerprint density at radius 3 is 2.04 bits per heavy atom. The van der Waals surface area contributed by atoms with Crippen LogP contribution in [0.5, 0.6) is 0 Å². The normalized spacial score (nSPS) is 19.5. The van der Waals surface area contributed by atoms with Crippen LogP contribution in [-0.4, -0.2) is 63.5 Å². The minimum atomic E-state index is -0.488. The second-order valence-electron chi connectivity index (χ2n) is 7.93. The number of nitrogen functional groups attached to an aromatic ring is 1. The Morgan fingerprint density at radius 2 is 1.50 bits per heavy atom. The van der Waals surface area contributed by atoms with Gasteiger partial charge in [0.05, 0.1) is 31.7 Å². The van der Waals surface area contributed by atoms with Crippen molar-refractivity contribution in [3.8, 4) is 0 Å². The largest absolute Gasteiger partial charge is 0.399 e. The third-order valence-electron chi connectivity index (χ3n) is 4.73. The van der Waals surface area contributed by atoms with E-state index in [0.29, 0.717) is 13.1 Å². The number of morpholine rings is 1. The highest BCUT2D eigenvalue weighted by molar-refractivity contribution is 5.75. The fraction of sp³-hybridized carbons (Fsp3) is 0.632. The van der Waals surface area contributed by atoms with Crippen molar-refractivity contribution in [1.82, 2.24) is 5.06 Å². The van der Waals surface area contributed by atoms with E-state index in [1.807, 2.05) is 32.9 Å². The molecule has 0 bridgehead atoms. The Hall–Kier alpha value is -1.99. The maximum atomic E-state index is 12.0. The van der Waals surface area contributed by atoms with E-state index in [1.165, 1.54) is 0 Å². The predicted molar refractivity (Wildman–Crippen MR) is 103 cm³/mol. The molecule has 7 heteroatoms. The molecule has 0 atom stereocenters. The highest BCUT2D eigenvalue weighted by Gasteiger charge is 2.28. The van der Waals surface area contributed by atoms with E-state index in [1.54, 1.807) is 5.06 Å². The summed E-state index contributed by atoms with van der Waals surface area (Å²) in [5.74, 6) is -0.190. The van der Waals surface area contributed by atoms with Gasteiger partial charge in [-0.15, -0.1) is 5.06 Å². The van der Waals surface area contributed by atoms with Crippen LogP contribution in [0.25, 0.3) is 0 Å². The Morgan fingerprint density at radius 1 is 0.962 bits per heavy atom. The van der Waals surface area contributed by atoms with Gasteiger partial charge in [-0.25, -0.2) is 4.79 Å². The average molecular weight is 362 g/mol. The summed E-state index contributed by atoms with van der Waals surface area (Å²) < 4.78 is 5.44. The van der Waals surface area contributed by atoms with Crippen LogP contribution in [0.15, 0.2) is 18.2 Å². The summed E-state index contributed by atoms with van der Waals surface area (Å²) in [7, 11) is 0. The van der Waals surface area contributed by atoms with Gasteiger partial charge in [0.1, 0.15) is 0 Å². The fourth-order valence-electron chi connectivity index (χ4n) is 3.10. The molecule has 2 heterocycles. The van der Waals surface area contributed by atoms with Crippen molar-refractivity contribution in [2.75, 3.05) is 68.0 Å². The SMILES string of the molecule is CC(C)(C)C(=O)ON1CCN(c2cc(N)cc(N3CCOCC3)c2)CC1. The van der Waals surface area contributed by atoms with E-state index in [0.717, 1.165) is 56.5 Å². The zero-order valence-corrected chi connectivity index (χ0v) is 16.0. The van der Waals surface area contributed by atoms with Gasteiger partial charge in [0.15, 0.2) is 0 Å². The first kappa shape index (κ1) is 18.8. The van der Waals surface area contributed by atoms with Crippen molar-refractivity contribution in [2.45, 2.75) is 20.8 Å². The zero-order valence-electron chi connectivity index (χ0n) is 16.0. The van der Waals surface area contributed by atoms with Crippen molar-refractivity contribution in [3.05, 3.63) is 18.2 Å². The molecular formula is C19H30N4O3. The number of hydroxylamine groups is 2. The quantitative estimate of drug-likeness (QED) is 0.821. The molecule has 0 saturated carbocycles. The summed E-state index contributed by atoms with van der Waals surface area (Å²) >= 11 is 0. The molecule has 2 fully saturated rings. The molecule has 2 N–H and O–H groups in total. The molecule has 0 unspecified atom stereocenters. The van der Waals surface area contributed by atoms with Gasteiger partial charge in [-0.05, 0) is 39.0 Å². The predicted octanol–water partition coefficient (Wildman–Crippen LogP) is 1.73. The number of carbonyl (C=O) groups is 1. The zero-order chi connectivity index (χ0) is 18.7. The van der Waals surface area contributed by atoms with Gasteiger partial charge in [0.25, 0.3) is 0 Å². The number of nitrogens with two attached hydrogens (primary N) is 1. The van der Waals surface area contributed by atoms with Crippen LogP contribution in [0.1, 0.15) is 20.8 Å². The van der Waals surface area contributed by atoms with E-state index in [-0.39, 0.29) is 5.97 Å². The van der Waals surface area contributed by atoms with Gasteiger partial charge in [-0.2, -0.15) is 0 Å². The van der Waals surface area contributed by atoms with Crippen molar-refractivity contribution in [3.63, 3.8) is 0 Å². The molecule has 2 aliphatic rings. The maximum Gasteiger partial charge on any atom is 0.330 e. The number of hydrogen-bond donors (Lipinski definition) is 1. The molecule has 0 aliphatic carbocycles. The summed E-state index contributed by atoms with van der Waals surface area (Å²) in [5.41, 5.74) is 8.69. The third-order valence-corrected chi connectivity index (χ3v) is 4.73. The van der Waals surface area contributed by atoms with Crippen LogP contribution in [0, 0.1) is 5.41 Å². The van der Waals surface area contributed by atoms with Crippen molar-refractivity contribution >= 4 is 23.0 Å². The van der Waals surface area contributed by atoms with Crippen molar-refractivity contribution in [2.24, 2.45) is 5.41 Å². The smallest absolute Gasteiger partial charge is 0.330 e.